The molecule has 0 bridgehead atoms. The smallest absolute Gasteiger partial charge is 0.313 e. The predicted molar refractivity (Wildman–Crippen MR) is 495 cm³/mol. The number of ether oxygens (including phenoxy) is 4. The standard InChI is InChI=1S/C14H19N.C14H20O2.C14H26O2.C14H20O2.C11H17N.C10H18O2.C10H20O.C10H14O.C8H10O/c1-11(2)6-5-7-12-10-15-14-9-4-3-8-13(12)14;1-9(2)12-7-6-11(5)13(8-12)16-14(15)10(3)4;2*1-9(2)12-7-6-11(5)8-13(12)16-14(15)10(3)4;1-10(2)6-5-8-11-7-3-4-9-12-11;1-8(2)10(11)12-9-6-4-3-5-7-9;2*1-7(2)9-5-4-8(3)6-10(9)11;1-6-3-4-7(2)8(9)5-6/h3-4,8-11,15H,5-7H2,1-2H3;6-10H,1-5H3;9-13H,6-8H2,1-5H3;6-10H,1-5H3;3-4,7,9-10H,5-6,8H2,1-2H3;8-9H,3-7H2,1-2H3;7-11H,4-6H2,1-3H3;4-7,11H,1-3H3;3-5,9H,1-2H3/t;;11-,12+,13-;;;;8-,9+,10-;;/m..0...1../s1. The molecular weight excluding hydrogens is 1470 g/mol. The van der Waals surface area contributed by atoms with Gasteiger partial charge in [0.25, 0.3) is 0 Å². The molecule has 3 aliphatic rings. The maximum absolute atomic E-state index is 11.7. The number of phenols is 2. The van der Waals surface area contributed by atoms with Crippen LogP contribution in [0.5, 0.6) is 23.0 Å². The Kier molecular flexibility index (Phi) is 51.1. The van der Waals surface area contributed by atoms with Crippen LogP contribution in [0.2, 0.25) is 0 Å². The highest BCUT2D eigenvalue weighted by atomic mass is 16.6. The summed E-state index contributed by atoms with van der Waals surface area (Å²) in [4.78, 5) is 53.6. The number of fused-ring (bicyclic) bond motifs is 1. The second kappa shape index (κ2) is 56.7. The third-order valence-corrected chi connectivity index (χ3v) is 22.0. The first-order valence-electron chi connectivity index (χ1n) is 45.2. The van der Waals surface area contributed by atoms with E-state index in [2.05, 4.69) is 169 Å². The first kappa shape index (κ1) is 106. The van der Waals surface area contributed by atoms with Gasteiger partial charge in [0.15, 0.2) is 0 Å². The van der Waals surface area contributed by atoms with E-state index in [-0.39, 0.29) is 65.9 Å². The van der Waals surface area contributed by atoms with Gasteiger partial charge in [-0.2, -0.15) is 0 Å². The Bertz CT molecular complexity index is 3930. The fourth-order valence-corrected chi connectivity index (χ4v) is 14.1. The zero-order chi connectivity index (χ0) is 89.1. The van der Waals surface area contributed by atoms with E-state index in [0.717, 1.165) is 88.8 Å². The van der Waals surface area contributed by atoms with E-state index in [1.807, 2.05) is 157 Å². The summed E-state index contributed by atoms with van der Waals surface area (Å²) >= 11 is 0. The molecule has 3 fully saturated rings. The lowest BCUT2D eigenvalue weighted by Gasteiger charge is -2.37. The Morgan fingerprint density at radius 2 is 0.941 bits per heavy atom. The van der Waals surface area contributed by atoms with Crippen LogP contribution in [0.25, 0.3) is 10.9 Å². The van der Waals surface area contributed by atoms with Crippen molar-refractivity contribution in [2.75, 3.05) is 0 Å². The third kappa shape index (κ3) is 42.9. The van der Waals surface area contributed by atoms with Crippen LogP contribution in [-0.2, 0) is 41.5 Å². The number of aromatic nitrogens is 2. The number of rotatable bonds is 21. The summed E-state index contributed by atoms with van der Waals surface area (Å²) in [6.45, 7) is 59.8. The zero-order valence-corrected chi connectivity index (χ0v) is 79.1. The molecule has 7 aromatic rings. The molecule has 3 aliphatic carbocycles. The number of aryl methyl sites for hydroxylation is 7. The number of carbonyl (C=O) groups excluding carboxylic acids is 4. The maximum Gasteiger partial charge on any atom is 0.313 e. The van der Waals surface area contributed by atoms with E-state index >= 15 is 0 Å². The van der Waals surface area contributed by atoms with Gasteiger partial charge < -0.3 is 39.3 Å². The second-order valence-corrected chi connectivity index (χ2v) is 37.5. The van der Waals surface area contributed by atoms with Gasteiger partial charge in [0.2, 0.25) is 0 Å². The molecule has 0 radical (unpaired) electrons. The van der Waals surface area contributed by atoms with E-state index in [1.165, 1.54) is 105 Å². The minimum atomic E-state index is -0.177. The number of esters is 4. The van der Waals surface area contributed by atoms with Crippen molar-refractivity contribution in [3.05, 3.63) is 183 Å². The molecule has 6 atom stereocenters. The molecule has 10 rings (SSSR count). The summed E-state index contributed by atoms with van der Waals surface area (Å²) in [5, 5.41) is 29.7. The lowest BCUT2D eigenvalue weighted by atomic mass is 9.75. The molecule has 13 nitrogen and oxygen atoms in total. The van der Waals surface area contributed by atoms with Crippen molar-refractivity contribution in [3.8, 4) is 23.0 Å². The van der Waals surface area contributed by atoms with Crippen LogP contribution in [0.4, 0.5) is 0 Å². The van der Waals surface area contributed by atoms with Crippen molar-refractivity contribution < 1.29 is 53.4 Å². The van der Waals surface area contributed by atoms with Gasteiger partial charge >= 0.3 is 23.9 Å². The van der Waals surface area contributed by atoms with Crippen molar-refractivity contribution in [1.29, 1.82) is 0 Å². The van der Waals surface area contributed by atoms with Gasteiger partial charge in [0, 0.05) is 29.0 Å². The lowest BCUT2D eigenvalue weighted by molar-refractivity contribution is -0.159. The van der Waals surface area contributed by atoms with E-state index in [1.54, 1.807) is 12.1 Å². The molecule has 0 spiro atoms. The van der Waals surface area contributed by atoms with Crippen LogP contribution < -0.4 is 9.47 Å². The SMILES string of the molecule is CC(C)C(=O)OC1CCCCC1.CC(C)C(=O)O[C@H]1C[C@@H](C)CC[C@@H]1C(C)C.CC(C)CCCc1c[nH]c2ccccc12.CC(C)CCCc1ccccn1.CC(C)[C@@H]1CC[C@@H](C)C[C@H]1O.Cc1ccc(C(C)C)c(O)c1.Cc1ccc(C(C)C)c(OC(=O)C(C)C)c1.Cc1ccc(C(C)C)cc1OC(=O)C(C)C.Cc1ccc(C)c(O)c1. The Morgan fingerprint density at radius 3 is 1.43 bits per heavy atom. The first-order valence-corrected chi connectivity index (χ1v) is 45.2. The molecule has 2 aromatic heterocycles. The normalized spacial score (nSPS) is 17.1. The number of nitrogens with one attached hydrogen (secondary N) is 1. The minimum absolute atomic E-state index is 0.00922. The number of hydrogen-bond acceptors (Lipinski definition) is 12. The molecule has 5 aromatic carbocycles. The van der Waals surface area contributed by atoms with Crippen LogP contribution >= 0.6 is 0 Å². The summed E-state index contributed by atoms with van der Waals surface area (Å²) in [5.41, 5.74) is 12.5. The summed E-state index contributed by atoms with van der Waals surface area (Å²) in [7, 11) is 0. The second-order valence-electron chi connectivity index (χ2n) is 37.5. The van der Waals surface area contributed by atoms with Crippen LogP contribution in [0.15, 0.2) is 128 Å². The van der Waals surface area contributed by atoms with Crippen LogP contribution in [0.1, 0.15) is 336 Å². The number of aromatic amines is 1. The third-order valence-electron chi connectivity index (χ3n) is 22.0. The molecule has 0 saturated heterocycles. The molecule has 4 N–H and O–H groups in total. The molecule has 13 heteroatoms. The van der Waals surface area contributed by atoms with Crippen LogP contribution in [-0.4, -0.2) is 67.5 Å². The van der Waals surface area contributed by atoms with Crippen molar-refractivity contribution in [1.82, 2.24) is 9.97 Å². The van der Waals surface area contributed by atoms with E-state index in [0.29, 0.717) is 70.3 Å². The summed E-state index contributed by atoms with van der Waals surface area (Å²) < 4.78 is 21.7. The maximum atomic E-state index is 11.7. The molecule has 0 aliphatic heterocycles. The minimum Gasteiger partial charge on any atom is -0.508 e. The number of benzene rings is 5. The first-order chi connectivity index (χ1) is 55.4. The van der Waals surface area contributed by atoms with Crippen molar-refractivity contribution >= 4 is 34.8 Å². The fourth-order valence-electron chi connectivity index (χ4n) is 14.1. The number of aromatic hydroxyl groups is 2. The largest absolute Gasteiger partial charge is 0.508 e. The van der Waals surface area contributed by atoms with Gasteiger partial charge in [0.05, 0.1) is 29.8 Å². The van der Waals surface area contributed by atoms with Gasteiger partial charge in [-0.15, -0.1) is 0 Å². The molecule has 0 unspecified atom stereocenters. The Balaban J connectivity index is 0.000000452. The fraction of sp³-hybridized carbons (Fsp3) is 0.610. The van der Waals surface area contributed by atoms with Gasteiger partial charge in [-0.3, -0.25) is 24.2 Å². The number of aliphatic hydroxyl groups excluding tert-OH is 1. The number of pyridine rings is 1. The van der Waals surface area contributed by atoms with Gasteiger partial charge in [-0.05, 0) is 269 Å². The van der Waals surface area contributed by atoms with Gasteiger partial charge in [0.1, 0.15) is 35.2 Å². The van der Waals surface area contributed by atoms with Crippen LogP contribution in [0.3, 0.4) is 0 Å². The monoisotopic (exact) mass is 1630 g/mol. The van der Waals surface area contributed by atoms with Gasteiger partial charge in [-0.1, -0.05) is 271 Å². The molecular formula is C105H164N2O11. The Hall–Kier alpha value is -7.77. The van der Waals surface area contributed by atoms with Crippen molar-refractivity contribution in [2.45, 2.75) is 346 Å². The number of nitrogens with zero attached hydrogens (tertiary/aromatic N) is 1. The Morgan fingerprint density at radius 1 is 0.458 bits per heavy atom. The van der Waals surface area contributed by atoms with Gasteiger partial charge in [-0.25, -0.2) is 0 Å². The number of H-pyrrole nitrogens is 1. The zero-order valence-electron chi connectivity index (χ0n) is 79.1. The lowest BCUT2D eigenvalue weighted by Crippen LogP contribution is -2.36. The number of phenolic OH excluding ortho intramolecular Hbond substituents is 2. The Labute approximate surface area is 717 Å². The average molecular weight is 1630 g/mol. The summed E-state index contributed by atoms with van der Waals surface area (Å²) in [5.74, 6) is 8.21. The highest BCUT2D eigenvalue weighted by Gasteiger charge is 2.34. The van der Waals surface area contributed by atoms with E-state index in [4.69, 9.17) is 24.1 Å². The number of carbonyl (C=O) groups is 4. The van der Waals surface area contributed by atoms with E-state index in [9.17, 15) is 29.4 Å². The summed E-state index contributed by atoms with van der Waals surface area (Å²) in [6, 6.07) is 38.1. The highest BCUT2D eigenvalue weighted by molar-refractivity contribution is 5.83. The predicted octanol–water partition coefficient (Wildman–Crippen LogP) is 28.0. The van der Waals surface area contributed by atoms with E-state index < -0.39 is 0 Å². The number of aliphatic hydroxyl groups is 1. The molecule has 118 heavy (non-hydrogen) atoms. The number of para-hydroxylation sites is 1. The molecule has 0 amide bonds. The number of hydrogen-bond donors (Lipinski definition) is 4. The van der Waals surface area contributed by atoms with Crippen molar-refractivity contribution in [3.63, 3.8) is 0 Å². The molecule has 660 valence electrons. The average Bonchev–Trinajstić information content (AvgIpc) is 1.74. The molecule has 2 heterocycles. The molecule has 3 saturated carbocycles. The highest BCUT2D eigenvalue weighted by Crippen LogP contribution is 2.37. The topological polar surface area (TPSA) is 195 Å². The quantitative estimate of drug-likeness (QED) is 0.0393. The van der Waals surface area contributed by atoms with Crippen LogP contribution in [0, 0.1) is 106 Å². The summed E-state index contributed by atoms with van der Waals surface area (Å²) in [6.07, 6.45) is 24.8. The van der Waals surface area contributed by atoms with Crippen molar-refractivity contribution in [2.24, 2.45) is 71.0 Å².